The minimum Gasteiger partial charge on any atom is -0.452 e. The second kappa shape index (κ2) is 24.3. The van der Waals surface area contributed by atoms with Gasteiger partial charge >= 0.3 is 13.6 Å². The van der Waals surface area contributed by atoms with Gasteiger partial charge in [-0.3, -0.25) is 14.1 Å². The molecule has 0 bridgehead atoms. The molecule has 3 aliphatic rings. The first kappa shape index (κ1) is 57.1. The Morgan fingerprint density at radius 3 is 2.14 bits per heavy atom. The highest BCUT2D eigenvalue weighted by atomic mass is 35.5. The van der Waals surface area contributed by atoms with Crippen molar-refractivity contribution in [2.75, 3.05) is 84.0 Å². The lowest BCUT2D eigenvalue weighted by atomic mass is 9.95. The number of carbonyl (C=O) groups excluding carboxylic acids is 1. The number of esters is 1. The van der Waals surface area contributed by atoms with Gasteiger partial charge in [-0.2, -0.15) is 0 Å². The minimum atomic E-state index is -4.44. The standard InChI is InChI=1S/C55H67ClFN6O9PS3/c1-37(2)63-39(4)54(75(5,68)69)52(53(63)40-11-13-43(56)14-12-40)42-32-44(57)34-48(33-42)62-29-27-61(28-30-62)47-17-15-45(16-18-47)59-76(70,71)50-19-20-51(38(3)31-50)58-46(35-74-49-9-7-6-8-10-49)23-26-60-24-21-41(22-25-60)55(64)72-36-73(65,66)67/h6-11,13,15-20,31-34,37,41,46,58-59H,12,14,21-30,35-36H2,1-5H3,(H2,65,66,67)/t46-/m1/s1. The summed E-state index contributed by atoms with van der Waals surface area (Å²) in [6.45, 7) is 12.1. The number of aromatic nitrogens is 1. The lowest BCUT2D eigenvalue weighted by Gasteiger charge is -2.37. The van der Waals surface area contributed by atoms with Crippen molar-refractivity contribution in [3.05, 3.63) is 131 Å². The number of nitrogens with zero attached hydrogens (tertiary/aromatic N) is 4. The van der Waals surface area contributed by atoms with E-state index in [1.807, 2.05) is 80.8 Å². The molecule has 2 fully saturated rings. The van der Waals surface area contributed by atoms with E-state index in [4.69, 9.17) is 26.1 Å². The smallest absolute Gasteiger partial charge is 0.362 e. The number of hydrogen-bond acceptors (Lipinski definition) is 12. The van der Waals surface area contributed by atoms with E-state index >= 15 is 4.39 Å². The molecule has 4 N–H and O–H groups in total. The third-order valence-corrected chi connectivity index (χ3v) is 18.7. The van der Waals surface area contributed by atoms with Crippen molar-refractivity contribution >= 4 is 85.1 Å². The zero-order valence-corrected chi connectivity index (χ0v) is 47.5. The summed E-state index contributed by atoms with van der Waals surface area (Å²) in [6, 6.07) is 27.1. The number of halogens is 2. The Labute approximate surface area is 455 Å². The normalized spacial score (nSPS) is 16.6. The van der Waals surface area contributed by atoms with Gasteiger partial charge in [-0.15, -0.1) is 11.8 Å². The number of anilines is 4. The fourth-order valence-electron chi connectivity index (χ4n) is 10.3. The summed E-state index contributed by atoms with van der Waals surface area (Å²) in [6.07, 6.45) is 7.16. The number of rotatable bonds is 20. The summed E-state index contributed by atoms with van der Waals surface area (Å²) in [5.41, 5.74) is 6.84. The highest BCUT2D eigenvalue weighted by Gasteiger charge is 2.33. The largest absolute Gasteiger partial charge is 0.452 e. The summed E-state index contributed by atoms with van der Waals surface area (Å²) in [7, 11) is -12.1. The average molecular weight is 1140 g/mol. The van der Waals surface area contributed by atoms with E-state index in [0.29, 0.717) is 93.1 Å². The van der Waals surface area contributed by atoms with E-state index in [1.54, 1.807) is 42.1 Å². The van der Waals surface area contributed by atoms with Crippen molar-refractivity contribution < 1.29 is 45.1 Å². The molecule has 15 nitrogen and oxygen atoms in total. The number of thioether (sulfide) groups is 1. The average Bonchev–Trinajstić information content (AvgIpc) is 3.79. The van der Waals surface area contributed by atoms with Crippen LogP contribution < -0.4 is 19.8 Å². The lowest BCUT2D eigenvalue weighted by molar-refractivity contribution is -0.148. The molecule has 2 aliphatic heterocycles. The predicted molar refractivity (Wildman–Crippen MR) is 303 cm³/mol. The van der Waals surface area contributed by atoms with Crippen molar-refractivity contribution in [2.24, 2.45) is 5.92 Å². The molecule has 76 heavy (non-hydrogen) atoms. The fraction of sp³-hybridized carbons (Fsp3) is 0.400. The molecule has 0 amide bonds. The molecule has 3 heterocycles. The Bertz CT molecular complexity index is 3250. The van der Waals surface area contributed by atoms with Crippen LogP contribution in [0.2, 0.25) is 0 Å². The zero-order valence-electron chi connectivity index (χ0n) is 43.4. The molecule has 0 unspecified atom stereocenters. The summed E-state index contributed by atoms with van der Waals surface area (Å²) in [5, 5.41) is 4.39. The van der Waals surface area contributed by atoms with Crippen LogP contribution in [0.3, 0.4) is 0 Å². The molecule has 1 aromatic heterocycles. The Kier molecular flexibility index (Phi) is 18.2. The van der Waals surface area contributed by atoms with Gasteiger partial charge in [0, 0.05) is 101 Å². The van der Waals surface area contributed by atoms with E-state index in [-0.39, 0.29) is 21.9 Å². The SMILES string of the molecule is Cc1cc(S(=O)(=O)Nc2ccc(N3CCN(c4cc(F)cc(-c5c(S(C)(=O)=O)c(C)n(C(C)C)c5C5=CC=C(Cl)CC5)c4)CC3)cc2)ccc1N[C@H](CCN1CCC(C(=O)OCP(=O)(O)O)CC1)CSc1ccccc1. The van der Waals surface area contributed by atoms with Crippen LogP contribution in [0.25, 0.3) is 16.7 Å². The van der Waals surface area contributed by atoms with Gasteiger partial charge < -0.3 is 39.1 Å². The van der Waals surface area contributed by atoms with Crippen molar-refractivity contribution in [3.63, 3.8) is 0 Å². The molecule has 408 valence electrons. The number of benzene rings is 4. The Balaban J connectivity index is 0.896. The molecule has 1 aliphatic carbocycles. The van der Waals surface area contributed by atoms with Crippen LogP contribution in [-0.2, 0) is 34.0 Å². The molecular formula is C55H67ClFN6O9PS3. The molecule has 2 saturated heterocycles. The number of likely N-dealkylation sites (tertiary alicyclic amines) is 1. The van der Waals surface area contributed by atoms with Crippen LogP contribution in [0.4, 0.5) is 27.1 Å². The van der Waals surface area contributed by atoms with Crippen molar-refractivity contribution in [3.8, 4) is 11.1 Å². The molecule has 21 heteroatoms. The van der Waals surface area contributed by atoms with E-state index < -0.39 is 51.5 Å². The topological polar surface area (TPSA) is 191 Å². The number of piperazine rings is 1. The number of hydrogen-bond donors (Lipinski definition) is 4. The maximum absolute atomic E-state index is 15.8. The number of aryl methyl sites for hydroxylation is 1. The third kappa shape index (κ3) is 14.3. The molecule has 0 radical (unpaired) electrons. The Hall–Kier alpha value is -5.11. The first-order valence-electron chi connectivity index (χ1n) is 25.5. The second-order valence-electron chi connectivity index (χ2n) is 20.1. The molecule has 0 spiro atoms. The van der Waals surface area contributed by atoms with E-state index in [1.165, 1.54) is 18.4 Å². The number of sulfonamides is 1. The van der Waals surface area contributed by atoms with Gasteiger partial charge in [0.15, 0.2) is 16.2 Å². The van der Waals surface area contributed by atoms with E-state index in [0.717, 1.165) is 56.9 Å². The first-order chi connectivity index (χ1) is 36.0. The fourth-order valence-corrected chi connectivity index (χ4v) is 14.2. The monoisotopic (exact) mass is 1140 g/mol. The van der Waals surface area contributed by atoms with Crippen LogP contribution >= 0.6 is 31.0 Å². The maximum atomic E-state index is 15.8. The van der Waals surface area contributed by atoms with Gasteiger partial charge in [-0.1, -0.05) is 35.9 Å². The zero-order chi connectivity index (χ0) is 54.5. The summed E-state index contributed by atoms with van der Waals surface area (Å²) in [5.74, 6) is -0.704. The molecule has 0 saturated carbocycles. The van der Waals surface area contributed by atoms with Crippen molar-refractivity contribution in [1.29, 1.82) is 0 Å². The second-order valence-corrected chi connectivity index (χ2v) is 26.9. The quantitative estimate of drug-likeness (QED) is 0.0327. The van der Waals surface area contributed by atoms with Gasteiger partial charge in [0.25, 0.3) is 10.0 Å². The molecule has 4 aromatic carbocycles. The summed E-state index contributed by atoms with van der Waals surface area (Å²) < 4.78 is 91.3. The summed E-state index contributed by atoms with van der Waals surface area (Å²) in [4.78, 5) is 38.6. The number of allylic oxidation sites excluding steroid dienone is 4. The highest BCUT2D eigenvalue weighted by molar-refractivity contribution is 7.99. The van der Waals surface area contributed by atoms with Crippen LogP contribution in [0.5, 0.6) is 0 Å². The van der Waals surface area contributed by atoms with Crippen LogP contribution in [0.1, 0.15) is 68.9 Å². The number of piperidine rings is 1. The number of carbonyl (C=O) groups is 1. The van der Waals surface area contributed by atoms with Crippen LogP contribution in [0, 0.1) is 25.6 Å². The first-order valence-corrected chi connectivity index (χ1v) is 32.0. The van der Waals surface area contributed by atoms with Crippen molar-refractivity contribution in [1.82, 2.24) is 9.47 Å². The molecule has 1 atom stereocenters. The maximum Gasteiger partial charge on any atom is 0.362 e. The molecular weight excluding hydrogens is 1070 g/mol. The van der Waals surface area contributed by atoms with Gasteiger partial charge in [0.2, 0.25) is 0 Å². The van der Waals surface area contributed by atoms with E-state index in [9.17, 15) is 26.2 Å². The van der Waals surface area contributed by atoms with Gasteiger partial charge in [-0.05, 0) is 168 Å². The van der Waals surface area contributed by atoms with Crippen LogP contribution in [-0.4, -0.2) is 112 Å². The predicted octanol–water partition coefficient (Wildman–Crippen LogP) is 10.7. The molecule has 5 aromatic rings. The van der Waals surface area contributed by atoms with Gasteiger partial charge in [-0.25, -0.2) is 21.2 Å². The highest BCUT2D eigenvalue weighted by Crippen LogP contribution is 2.45. The number of sulfone groups is 1. The summed E-state index contributed by atoms with van der Waals surface area (Å²) >= 11 is 8.08. The lowest BCUT2D eigenvalue weighted by Crippen LogP contribution is -2.46. The van der Waals surface area contributed by atoms with Crippen molar-refractivity contribution in [2.45, 2.75) is 86.6 Å². The van der Waals surface area contributed by atoms with E-state index in [2.05, 4.69) is 36.9 Å². The Morgan fingerprint density at radius 1 is 0.868 bits per heavy atom. The third-order valence-electron chi connectivity index (χ3n) is 14.1. The van der Waals surface area contributed by atoms with Gasteiger partial charge in [0.1, 0.15) is 5.82 Å². The van der Waals surface area contributed by atoms with Crippen LogP contribution in [0.15, 0.2) is 123 Å². The number of nitrogens with one attached hydrogen (secondary N) is 2. The molecule has 8 rings (SSSR count). The van der Waals surface area contributed by atoms with Gasteiger partial charge in [0.05, 0.1) is 21.4 Å². The minimum absolute atomic E-state index is 0.0121. The Morgan fingerprint density at radius 2 is 1.54 bits per heavy atom. The number of ether oxygens (including phenoxy) is 1.